The number of carbonyl (C=O) groups is 1. The number of carboxylic acid groups (broad SMARTS) is 1. The van der Waals surface area contributed by atoms with Gasteiger partial charge >= 0.3 is 5.97 Å². The third-order valence-corrected chi connectivity index (χ3v) is 12.5. The highest BCUT2D eigenvalue weighted by Gasteiger charge is 2.55. The summed E-state index contributed by atoms with van der Waals surface area (Å²) in [6.07, 6.45) is 9.83. The van der Waals surface area contributed by atoms with Crippen molar-refractivity contribution in [2.45, 2.75) is 101 Å². The van der Waals surface area contributed by atoms with Crippen molar-refractivity contribution in [1.29, 1.82) is 0 Å². The first-order valence-electron chi connectivity index (χ1n) is 18.2. The van der Waals surface area contributed by atoms with E-state index >= 15 is 0 Å². The minimum Gasteiger partial charge on any atom is -0.493 e. The van der Waals surface area contributed by atoms with Crippen LogP contribution < -0.4 is 19.5 Å². The monoisotopic (exact) mass is 685 g/mol. The second-order valence-corrected chi connectivity index (χ2v) is 16.1. The quantitative estimate of drug-likeness (QED) is 0.250. The van der Waals surface area contributed by atoms with Crippen molar-refractivity contribution in [3.8, 4) is 17.2 Å². The van der Waals surface area contributed by atoms with E-state index in [0.717, 1.165) is 68.1 Å². The molecule has 9 heteroatoms. The molecule has 3 aromatic rings. The lowest BCUT2D eigenvalue weighted by molar-refractivity contribution is -0.144. The summed E-state index contributed by atoms with van der Waals surface area (Å²) >= 11 is 6.29. The number of halogens is 1. The van der Waals surface area contributed by atoms with E-state index in [2.05, 4.69) is 48.2 Å². The number of anilines is 1. The molecule has 260 valence electrons. The van der Waals surface area contributed by atoms with Gasteiger partial charge in [-0.1, -0.05) is 31.5 Å². The minimum absolute atomic E-state index is 0.0235. The summed E-state index contributed by atoms with van der Waals surface area (Å²) < 4.78 is 19.7. The highest BCUT2D eigenvalue weighted by Crippen LogP contribution is 2.58. The molecule has 2 aromatic carbocycles. The number of aryl methyl sites for hydroxylation is 1. The maximum absolute atomic E-state index is 13.0. The van der Waals surface area contributed by atoms with Crippen LogP contribution in [0.5, 0.6) is 17.2 Å². The molecule has 0 unspecified atom stereocenters. The molecule has 3 aliphatic carbocycles. The van der Waals surface area contributed by atoms with Gasteiger partial charge in [0.25, 0.3) is 0 Å². The van der Waals surface area contributed by atoms with E-state index in [1.54, 1.807) is 0 Å². The van der Waals surface area contributed by atoms with Gasteiger partial charge in [0.1, 0.15) is 23.5 Å². The first-order chi connectivity index (χ1) is 23.6. The molecule has 1 saturated heterocycles. The Kier molecular flexibility index (Phi) is 8.46. The number of hydrogen-bond acceptors (Lipinski definition) is 7. The van der Waals surface area contributed by atoms with Crippen LogP contribution in [0.15, 0.2) is 48.7 Å². The topological polar surface area (TPSA) is 93.2 Å². The van der Waals surface area contributed by atoms with Gasteiger partial charge in [0.15, 0.2) is 11.5 Å². The van der Waals surface area contributed by atoms with Gasteiger partial charge in [0, 0.05) is 41.3 Å². The molecule has 1 aromatic heterocycles. The molecule has 5 aliphatic rings. The molecule has 5 atom stereocenters. The number of benzene rings is 2. The lowest BCUT2D eigenvalue weighted by Gasteiger charge is -2.47. The smallest absolute Gasteiger partial charge is 0.329 e. The fraction of sp³-hybridized carbons (Fsp3) is 0.550. The van der Waals surface area contributed by atoms with E-state index in [4.69, 9.17) is 25.8 Å². The number of nitrogens with zero attached hydrogens (tertiary/aromatic N) is 2. The van der Waals surface area contributed by atoms with Crippen LogP contribution in [0, 0.1) is 11.8 Å². The van der Waals surface area contributed by atoms with Gasteiger partial charge in [0.05, 0.1) is 6.61 Å². The maximum Gasteiger partial charge on any atom is 0.329 e. The zero-order valence-corrected chi connectivity index (χ0v) is 29.6. The van der Waals surface area contributed by atoms with E-state index < -0.39 is 11.5 Å². The van der Waals surface area contributed by atoms with E-state index in [9.17, 15) is 9.90 Å². The van der Waals surface area contributed by atoms with E-state index in [1.165, 1.54) is 35.2 Å². The van der Waals surface area contributed by atoms with Crippen molar-refractivity contribution in [3.05, 3.63) is 76.1 Å². The summed E-state index contributed by atoms with van der Waals surface area (Å²) in [7, 11) is 2.11. The number of rotatable bonds is 8. The average Bonchev–Trinajstić information content (AvgIpc) is 3.57. The number of fused-ring (bicyclic) bond motifs is 5. The van der Waals surface area contributed by atoms with Crippen LogP contribution >= 0.6 is 11.6 Å². The molecule has 0 amide bonds. The third kappa shape index (κ3) is 5.93. The molecule has 8 nitrogen and oxygen atoms in total. The number of likely N-dealkylation sites (N-methyl/N-ethyl adjacent to an activating group) is 1. The maximum atomic E-state index is 13.0. The van der Waals surface area contributed by atoms with E-state index in [0.29, 0.717) is 42.2 Å². The van der Waals surface area contributed by atoms with Gasteiger partial charge in [-0.25, -0.2) is 4.79 Å². The molecular formula is C40H48ClN3O5. The third-order valence-electron chi connectivity index (χ3n) is 12.3. The predicted octanol–water partition coefficient (Wildman–Crippen LogP) is 7.65. The van der Waals surface area contributed by atoms with Crippen molar-refractivity contribution in [3.63, 3.8) is 0 Å². The molecule has 49 heavy (non-hydrogen) atoms. The van der Waals surface area contributed by atoms with Crippen molar-refractivity contribution in [2.24, 2.45) is 11.8 Å². The number of pyridine rings is 1. The lowest BCUT2D eigenvalue weighted by Crippen LogP contribution is -2.53. The first kappa shape index (κ1) is 32.7. The molecular weight excluding hydrogens is 638 g/mol. The Morgan fingerprint density at radius 2 is 1.88 bits per heavy atom. The summed E-state index contributed by atoms with van der Waals surface area (Å²) in [5.41, 5.74) is 4.62. The highest BCUT2D eigenvalue weighted by molar-refractivity contribution is 6.30. The molecule has 2 N–H and O–H groups in total. The molecule has 2 aliphatic heterocycles. The summed E-state index contributed by atoms with van der Waals surface area (Å²) in [5.74, 6) is 2.97. The van der Waals surface area contributed by atoms with E-state index in [-0.39, 0.29) is 17.6 Å². The van der Waals surface area contributed by atoms with Gasteiger partial charge < -0.3 is 24.6 Å². The Morgan fingerprint density at radius 1 is 1.12 bits per heavy atom. The van der Waals surface area contributed by atoms with Gasteiger partial charge in [-0.2, -0.15) is 0 Å². The van der Waals surface area contributed by atoms with Crippen molar-refractivity contribution < 1.29 is 24.1 Å². The summed E-state index contributed by atoms with van der Waals surface area (Å²) in [6, 6.07) is 13.9. The number of hydrogen-bond donors (Lipinski definition) is 2. The van der Waals surface area contributed by atoms with Gasteiger partial charge in [0.2, 0.25) is 0 Å². The van der Waals surface area contributed by atoms with Crippen molar-refractivity contribution in [1.82, 2.24) is 9.88 Å². The zero-order chi connectivity index (χ0) is 33.9. The Bertz CT molecular complexity index is 1740. The standard InChI is InChI=1S/C40H48ClN3O5/c1-24(23-47-32-10-15-42-31-9-4-6-25(2)37(31)32)16-27-17-26-18-33-34(49-36-22-44(3)21-35(36)48-33)20-30(26)39(27)11-13-40(14-12-39,38(45)46)43-29-8-5-7-28(41)19-29/h5,7-8,10,15,18-20,24-25,27,35-36,43H,4,6,9,11-14,16-17,21-23H2,1-3H3,(H,45,46)/t24-,25-,27+,35+,36-,39?,40?/m1/s1. The van der Waals surface area contributed by atoms with Crippen LogP contribution in [0.1, 0.15) is 87.1 Å². The minimum atomic E-state index is -1.06. The summed E-state index contributed by atoms with van der Waals surface area (Å²) in [5, 5.41) is 14.6. The molecule has 1 saturated carbocycles. The number of ether oxygens (including phenoxy) is 3. The second-order valence-electron chi connectivity index (χ2n) is 15.7. The largest absolute Gasteiger partial charge is 0.493 e. The fourth-order valence-corrected chi connectivity index (χ4v) is 9.97. The number of carboxylic acids is 1. The molecule has 2 fully saturated rings. The van der Waals surface area contributed by atoms with Crippen molar-refractivity contribution in [2.75, 3.05) is 32.1 Å². The second kappa shape index (κ2) is 12.7. The molecule has 0 bridgehead atoms. The molecule has 3 heterocycles. The Morgan fingerprint density at radius 3 is 2.61 bits per heavy atom. The lowest BCUT2D eigenvalue weighted by atomic mass is 9.59. The van der Waals surface area contributed by atoms with Crippen LogP contribution in [0.25, 0.3) is 0 Å². The first-order valence-corrected chi connectivity index (χ1v) is 18.6. The summed E-state index contributed by atoms with van der Waals surface area (Å²) in [6.45, 7) is 6.94. The highest BCUT2D eigenvalue weighted by atomic mass is 35.5. The molecule has 0 radical (unpaired) electrons. The van der Waals surface area contributed by atoms with Crippen LogP contribution in [0.3, 0.4) is 0 Å². The number of likely N-dealkylation sites (tertiary alicyclic amines) is 1. The van der Waals surface area contributed by atoms with Crippen molar-refractivity contribution >= 4 is 23.3 Å². The van der Waals surface area contributed by atoms with Crippen LogP contribution in [0.2, 0.25) is 5.02 Å². The molecule has 8 rings (SSSR count). The SMILES string of the molecule is C[C@@H](COc1ccnc2c1[C@H](C)CCC2)C[C@H]1Cc2cc3c(cc2C12CCC(Nc1cccc(Cl)c1)(C(=O)O)CC2)O[C@@H]1CN(C)C[C@@H]1O3. The number of nitrogens with one attached hydrogen (secondary N) is 1. The van der Waals surface area contributed by atoms with Crippen LogP contribution in [0.4, 0.5) is 5.69 Å². The number of aliphatic carboxylic acids is 1. The fourth-order valence-electron chi connectivity index (χ4n) is 9.77. The Balaban J connectivity index is 1.07. The van der Waals surface area contributed by atoms with Gasteiger partial charge in [-0.3, -0.25) is 9.88 Å². The summed E-state index contributed by atoms with van der Waals surface area (Å²) in [4.78, 5) is 19.9. The molecule has 1 spiro atoms. The van der Waals surface area contributed by atoms with Gasteiger partial charge in [-0.15, -0.1) is 0 Å². The number of aromatic nitrogens is 1. The Hall–Kier alpha value is -3.49. The Labute approximate surface area is 294 Å². The zero-order valence-electron chi connectivity index (χ0n) is 28.8. The van der Waals surface area contributed by atoms with E-state index in [1.807, 2.05) is 36.5 Å². The van der Waals surface area contributed by atoms with Crippen LogP contribution in [-0.2, 0) is 23.1 Å². The normalized spacial score (nSPS) is 30.7. The average molecular weight is 686 g/mol. The van der Waals surface area contributed by atoms with Gasteiger partial charge in [-0.05, 0) is 136 Å². The van der Waals surface area contributed by atoms with Crippen LogP contribution in [-0.4, -0.2) is 65.5 Å². The predicted molar refractivity (Wildman–Crippen MR) is 190 cm³/mol.